The first-order chi connectivity index (χ1) is 18.5. The molecule has 4 rings (SSSR count). The van der Waals surface area contributed by atoms with Gasteiger partial charge < -0.3 is 25.3 Å². The molecule has 1 aromatic heterocycles. The number of hydrogen-bond acceptors (Lipinski definition) is 6. The lowest BCUT2D eigenvalue weighted by Crippen LogP contribution is -2.52. The van der Waals surface area contributed by atoms with Gasteiger partial charge in [-0.3, -0.25) is 14.4 Å². The van der Waals surface area contributed by atoms with Gasteiger partial charge in [0.2, 0.25) is 0 Å². The Hall–Kier alpha value is -4.74. The van der Waals surface area contributed by atoms with Crippen LogP contribution >= 0.6 is 0 Å². The molecule has 1 saturated heterocycles. The molecule has 0 unspecified atom stereocenters. The van der Waals surface area contributed by atoms with Crippen LogP contribution in [-0.4, -0.2) is 76.1 Å². The number of Topliss-reactive ketones (excluding diaryl/α,β-unsaturated/α-hetero) is 1. The summed E-state index contributed by atoms with van der Waals surface area (Å²) in [5.74, 6) is -2.77. The van der Waals surface area contributed by atoms with Gasteiger partial charge in [0.15, 0.2) is 5.84 Å². The quantitative estimate of drug-likeness (QED) is 0.150. The third kappa shape index (κ3) is 6.06. The highest BCUT2D eigenvalue weighted by atomic mass is 19.1. The second kappa shape index (κ2) is 10.9. The van der Waals surface area contributed by atoms with Crippen LogP contribution < -0.4 is 11.2 Å². The second-order valence-corrected chi connectivity index (χ2v) is 9.94. The lowest BCUT2D eigenvalue weighted by molar-refractivity contribution is -0.127. The molecule has 1 aliphatic heterocycles. The summed E-state index contributed by atoms with van der Waals surface area (Å²) in [5.41, 5.74) is 8.16. The van der Waals surface area contributed by atoms with Crippen molar-refractivity contribution in [3.63, 3.8) is 0 Å². The molecule has 204 valence electrons. The number of nitrogens with one attached hydrogen (secondary N) is 2. The molecule has 0 aliphatic carbocycles. The summed E-state index contributed by atoms with van der Waals surface area (Å²) >= 11 is 0. The van der Waals surface area contributed by atoms with Crippen molar-refractivity contribution < 1.29 is 28.3 Å². The molecular weight excluding hydrogens is 507 g/mol. The van der Waals surface area contributed by atoms with Gasteiger partial charge in [0.05, 0.1) is 11.1 Å². The molecule has 0 bridgehead atoms. The van der Waals surface area contributed by atoms with Crippen molar-refractivity contribution in [3.05, 3.63) is 71.2 Å². The number of amidine groups is 1. The Morgan fingerprint density at radius 2 is 1.62 bits per heavy atom. The minimum Gasteiger partial charge on any atom is -0.443 e. The number of hydrogen-bond donors (Lipinski definition) is 3. The van der Waals surface area contributed by atoms with Crippen LogP contribution in [0.5, 0.6) is 0 Å². The van der Waals surface area contributed by atoms with Crippen LogP contribution in [0.2, 0.25) is 0 Å². The number of amides is 3. The van der Waals surface area contributed by atoms with Crippen LogP contribution in [-0.2, 0) is 9.53 Å². The topological polar surface area (TPSA) is 150 Å². The van der Waals surface area contributed by atoms with E-state index < -0.39 is 29.2 Å². The number of ketones is 1. The van der Waals surface area contributed by atoms with E-state index in [1.54, 1.807) is 49.9 Å². The maximum Gasteiger partial charge on any atom is 0.428 e. The molecule has 0 atom stereocenters. The highest BCUT2D eigenvalue weighted by Gasteiger charge is 2.31. The third-order valence-corrected chi connectivity index (χ3v) is 6.04. The molecule has 0 saturated carbocycles. The van der Waals surface area contributed by atoms with Crippen molar-refractivity contribution in [2.45, 2.75) is 26.4 Å². The first-order valence-electron chi connectivity index (χ1n) is 12.3. The summed E-state index contributed by atoms with van der Waals surface area (Å²) in [6, 6.07) is 11.2. The van der Waals surface area contributed by atoms with Crippen molar-refractivity contribution >= 4 is 40.4 Å². The number of aromatic nitrogens is 1. The van der Waals surface area contributed by atoms with Gasteiger partial charge in [-0.1, -0.05) is 18.2 Å². The number of carbonyl (C=O) groups excluding carboxylic acids is 4. The summed E-state index contributed by atoms with van der Waals surface area (Å²) in [5, 5.41) is 3.67. The fourth-order valence-corrected chi connectivity index (χ4v) is 4.20. The van der Waals surface area contributed by atoms with Crippen LogP contribution in [0.4, 0.5) is 9.18 Å². The van der Waals surface area contributed by atoms with Crippen LogP contribution in [0.15, 0.2) is 53.8 Å². The molecule has 1 fully saturated rings. The predicted molar refractivity (Wildman–Crippen MR) is 142 cm³/mol. The Bertz CT molecular complexity index is 1450. The minimum atomic E-state index is -0.900. The lowest BCUT2D eigenvalue weighted by atomic mass is 10.0. The molecule has 2 aromatic carbocycles. The Labute approximate surface area is 223 Å². The second-order valence-electron chi connectivity index (χ2n) is 9.94. The number of hydrazone groups is 1. The molecule has 0 spiro atoms. The van der Waals surface area contributed by atoms with E-state index in [9.17, 15) is 23.6 Å². The number of rotatable bonds is 5. The minimum absolute atomic E-state index is 0.126. The number of benzene rings is 2. The summed E-state index contributed by atoms with van der Waals surface area (Å²) in [7, 11) is 0. The van der Waals surface area contributed by atoms with E-state index in [2.05, 4.69) is 15.5 Å². The van der Waals surface area contributed by atoms with Crippen LogP contribution in [0.3, 0.4) is 0 Å². The molecule has 3 aromatic rings. The van der Waals surface area contributed by atoms with E-state index in [0.717, 1.165) is 6.07 Å². The van der Waals surface area contributed by atoms with Crippen molar-refractivity contribution in [2.75, 3.05) is 26.2 Å². The van der Waals surface area contributed by atoms with Crippen LogP contribution in [0.25, 0.3) is 10.9 Å². The molecule has 0 radical (unpaired) electrons. The predicted octanol–water partition coefficient (Wildman–Crippen LogP) is 2.62. The Morgan fingerprint density at radius 1 is 0.974 bits per heavy atom. The van der Waals surface area contributed by atoms with Crippen molar-refractivity contribution in [3.8, 4) is 0 Å². The summed E-state index contributed by atoms with van der Waals surface area (Å²) < 4.78 is 20.0. The normalized spacial score (nSPS) is 14.3. The van der Waals surface area contributed by atoms with Crippen LogP contribution in [0, 0.1) is 5.82 Å². The zero-order chi connectivity index (χ0) is 28.3. The molecule has 2 heterocycles. The maximum absolute atomic E-state index is 14.9. The van der Waals surface area contributed by atoms with E-state index >= 15 is 0 Å². The Balaban J connectivity index is 1.48. The van der Waals surface area contributed by atoms with Gasteiger partial charge in [-0.05, 0) is 45.0 Å². The number of piperazine rings is 1. The smallest absolute Gasteiger partial charge is 0.428 e. The van der Waals surface area contributed by atoms with E-state index in [1.165, 1.54) is 17.2 Å². The van der Waals surface area contributed by atoms with Gasteiger partial charge in [0.25, 0.3) is 17.6 Å². The zero-order valence-electron chi connectivity index (χ0n) is 21.8. The number of carbonyl (C=O) groups is 4. The number of nitrogens with two attached hydrogens (primary N) is 1. The monoisotopic (exact) mass is 536 g/mol. The highest BCUT2D eigenvalue weighted by molar-refractivity contribution is 6.45. The van der Waals surface area contributed by atoms with Crippen molar-refractivity contribution in [1.29, 1.82) is 0 Å². The average molecular weight is 537 g/mol. The fraction of sp³-hybridized carbons (Fsp3) is 0.296. The molecule has 3 amide bonds. The van der Waals surface area contributed by atoms with E-state index in [1.807, 2.05) is 6.07 Å². The largest absolute Gasteiger partial charge is 0.443 e. The van der Waals surface area contributed by atoms with Crippen molar-refractivity contribution in [1.82, 2.24) is 20.2 Å². The number of H-pyrrole nitrogens is 1. The maximum atomic E-state index is 14.9. The van der Waals surface area contributed by atoms with Gasteiger partial charge in [-0.25, -0.2) is 14.6 Å². The number of ether oxygens (including phenoxy) is 1. The zero-order valence-corrected chi connectivity index (χ0v) is 21.8. The third-order valence-electron chi connectivity index (χ3n) is 6.04. The molecule has 39 heavy (non-hydrogen) atoms. The van der Waals surface area contributed by atoms with E-state index in [0.29, 0.717) is 5.56 Å². The molecule has 1 aliphatic rings. The lowest BCUT2D eigenvalue weighted by Gasteiger charge is -2.34. The molecular formula is C27H29FN6O5. The van der Waals surface area contributed by atoms with Gasteiger partial charge in [0.1, 0.15) is 11.4 Å². The fourth-order valence-electron chi connectivity index (χ4n) is 4.20. The SMILES string of the molecule is CC(C)(C)OC(=O)NN=C(N)c1ccc(F)c2c(C(=O)C(=O)N3CCN(C(=O)c4ccccc4)CC3)c[nH]c12. The molecule has 4 N–H and O–H groups in total. The Kier molecular flexibility index (Phi) is 7.65. The number of nitrogens with zero attached hydrogens (tertiary/aromatic N) is 3. The summed E-state index contributed by atoms with van der Waals surface area (Å²) in [4.78, 5) is 56.5. The van der Waals surface area contributed by atoms with Crippen LogP contribution in [0.1, 0.15) is 47.1 Å². The Morgan fingerprint density at radius 3 is 2.26 bits per heavy atom. The standard InChI is InChI=1S/C27H29FN6O5/c1-27(2,3)39-26(38)32-31-23(29)17-9-10-19(28)20-18(15-30-21(17)20)22(35)25(37)34-13-11-33(12-14-34)24(36)16-7-5-4-6-8-16/h4-10,15,30H,11-14H2,1-3H3,(H2,29,31)(H,32,38). The highest BCUT2D eigenvalue weighted by Crippen LogP contribution is 2.26. The number of aromatic amines is 1. The van der Waals surface area contributed by atoms with Gasteiger partial charge >= 0.3 is 6.09 Å². The van der Waals surface area contributed by atoms with Gasteiger partial charge in [-0.15, -0.1) is 0 Å². The number of fused-ring (bicyclic) bond motifs is 1. The van der Waals surface area contributed by atoms with E-state index in [4.69, 9.17) is 10.5 Å². The number of halogens is 1. The van der Waals surface area contributed by atoms with Gasteiger partial charge in [-0.2, -0.15) is 5.10 Å². The first-order valence-corrected chi connectivity index (χ1v) is 12.3. The molecule has 12 heteroatoms. The van der Waals surface area contributed by atoms with E-state index in [-0.39, 0.29) is 60.0 Å². The van der Waals surface area contributed by atoms with Crippen molar-refractivity contribution in [2.24, 2.45) is 10.8 Å². The summed E-state index contributed by atoms with van der Waals surface area (Å²) in [6.45, 7) is 5.90. The average Bonchev–Trinajstić information content (AvgIpc) is 3.36. The first kappa shape index (κ1) is 27.3. The van der Waals surface area contributed by atoms with Gasteiger partial charge in [0, 0.05) is 48.9 Å². The molecule has 11 nitrogen and oxygen atoms in total. The summed E-state index contributed by atoms with van der Waals surface area (Å²) in [6.07, 6.45) is 0.406.